The zero-order valence-corrected chi connectivity index (χ0v) is 14.5. The van der Waals surface area contributed by atoms with Crippen molar-refractivity contribution in [1.29, 1.82) is 0 Å². The number of nitrogens with one attached hydrogen (secondary N) is 1. The second-order valence-corrected chi connectivity index (χ2v) is 5.25. The van der Waals surface area contributed by atoms with E-state index in [0.717, 1.165) is 6.33 Å². The van der Waals surface area contributed by atoms with Crippen molar-refractivity contribution in [2.24, 2.45) is 0 Å². The lowest BCUT2D eigenvalue weighted by Crippen LogP contribution is -2.22. The van der Waals surface area contributed by atoms with Crippen LogP contribution in [-0.2, 0) is 9.47 Å². The SMILES string of the molecule is COCC(C)Nc1ncnc(Oc2ccc(C(=O)OC)cc2)c1[N+](=O)[O-]. The molecule has 1 unspecified atom stereocenters. The van der Waals surface area contributed by atoms with Crippen LogP contribution in [0.25, 0.3) is 0 Å². The molecular weight excluding hydrogens is 344 g/mol. The Bertz CT molecular complexity index is 781. The van der Waals surface area contributed by atoms with E-state index in [0.29, 0.717) is 12.2 Å². The van der Waals surface area contributed by atoms with Crippen LogP contribution in [0.1, 0.15) is 17.3 Å². The third kappa shape index (κ3) is 4.63. The third-order valence-corrected chi connectivity index (χ3v) is 3.26. The van der Waals surface area contributed by atoms with Gasteiger partial charge in [0.25, 0.3) is 0 Å². The predicted molar refractivity (Wildman–Crippen MR) is 91.5 cm³/mol. The lowest BCUT2D eigenvalue weighted by Gasteiger charge is -2.14. The Balaban J connectivity index is 2.28. The Morgan fingerprint density at radius 1 is 1.27 bits per heavy atom. The number of ether oxygens (including phenoxy) is 3. The molecule has 0 aliphatic carbocycles. The Morgan fingerprint density at radius 2 is 1.96 bits per heavy atom. The minimum atomic E-state index is -0.625. The summed E-state index contributed by atoms with van der Waals surface area (Å²) in [4.78, 5) is 30.0. The summed E-state index contributed by atoms with van der Waals surface area (Å²) in [6.07, 6.45) is 1.16. The van der Waals surface area contributed by atoms with Crippen molar-refractivity contribution in [3.8, 4) is 11.6 Å². The molecule has 0 aliphatic heterocycles. The van der Waals surface area contributed by atoms with Crippen molar-refractivity contribution >= 4 is 17.5 Å². The van der Waals surface area contributed by atoms with Gasteiger partial charge in [0.05, 0.1) is 24.2 Å². The number of rotatable bonds is 8. The highest BCUT2D eigenvalue weighted by Crippen LogP contribution is 2.34. The molecule has 0 spiro atoms. The monoisotopic (exact) mass is 362 g/mol. The molecule has 1 aromatic heterocycles. The van der Waals surface area contributed by atoms with E-state index in [1.165, 1.54) is 38.5 Å². The average molecular weight is 362 g/mol. The number of methoxy groups -OCH3 is 2. The van der Waals surface area contributed by atoms with Crippen molar-refractivity contribution in [3.05, 3.63) is 46.3 Å². The van der Waals surface area contributed by atoms with E-state index in [1.54, 1.807) is 6.92 Å². The molecule has 0 amide bonds. The number of hydrogen-bond donors (Lipinski definition) is 1. The molecule has 138 valence electrons. The quantitative estimate of drug-likeness (QED) is 0.428. The van der Waals surface area contributed by atoms with Crippen molar-refractivity contribution in [1.82, 2.24) is 9.97 Å². The van der Waals surface area contributed by atoms with Crippen LogP contribution in [0.4, 0.5) is 11.5 Å². The third-order valence-electron chi connectivity index (χ3n) is 3.26. The van der Waals surface area contributed by atoms with Crippen molar-refractivity contribution in [2.75, 3.05) is 26.1 Å². The summed E-state index contributed by atoms with van der Waals surface area (Å²) >= 11 is 0. The molecule has 1 N–H and O–H groups in total. The second kappa shape index (κ2) is 8.72. The number of nitro groups is 1. The van der Waals surface area contributed by atoms with Crippen LogP contribution in [0.5, 0.6) is 11.6 Å². The molecule has 26 heavy (non-hydrogen) atoms. The normalized spacial score (nSPS) is 11.5. The van der Waals surface area contributed by atoms with E-state index in [4.69, 9.17) is 9.47 Å². The molecule has 0 radical (unpaired) electrons. The molecule has 2 aromatic rings. The molecule has 10 nitrogen and oxygen atoms in total. The van der Waals surface area contributed by atoms with Gasteiger partial charge in [0, 0.05) is 13.2 Å². The van der Waals surface area contributed by atoms with Crippen LogP contribution >= 0.6 is 0 Å². The van der Waals surface area contributed by atoms with Gasteiger partial charge in [0.1, 0.15) is 12.1 Å². The van der Waals surface area contributed by atoms with E-state index in [9.17, 15) is 14.9 Å². The Morgan fingerprint density at radius 3 is 2.54 bits per heavy atom. The minimum absolute atomic E-state index is 0.0238. The Labute approximate surface area is 149 Å². The van der Waals surface area contributed by atoms with Crippen LogP contribution in [0, 0.1) is 10.1 Å². The molecule has 0 saturated carbocycles. The molecule has 0 aliphatic rings. The minimum Gasteiger partial charge on any atom is -0.465 e. The number of carbonyl (C=O) groups is 1. The fraction of sp³-hybridized carbons (Fsp3) is 0.312. The van der Waals surface area contributed by atoms with Gasteiger partial charge in [-0.05, 0) is 31.2 Å². The summed E-state index contributed by atoms with van der Waals surface area (Å²) in [5, 5.41) is 14.4. The lowest BCUT2D eigenvalue weighted by atomic mass is 10.2. The fourth-order valence-electron chi connectivity index (χ4n) is 2.12. The number of hydrogen-bond acceptors (Lipinski definition) is 9. The topological polar surface area (TPSA) is 126 Å². The van der Waals surface area contributed by atoms with Crippen molar-refractivity contribution < 1.29 is 23.9 Å². The molecule has 10 heteroatoms. The molecule has 1 atom stereocenters. The summed E-state index contributed by atoms with van der Waals surface area (Å²) in [5.41, 5.74) is -0.0692. The Hall–Kier alpha value is -3.27. The zero-order chi connectivity index (χ0) is 19.1. The van der Waals surface area contributed by atoms with Crippen molar-refractivity contribution in [2.45, 2.75) is 13.0 Å². The first kappa shape index (κ1) is 19.1. The maximum Gasteiger partial charge on any atom is 0.373 e. The number of esters is 1. The summed E-state index contributed by atoms with van der Waals surface area (Å²) in [6.45, 7) is 2.13. The van der Waals surface area contributed by atoms with Crippen LogP contribution in [0.3, 0.4) is 0 Å². The molecule has 0 bridgehead atoms. The first-order valence-corrected chi connectivity index (χ1v) is 7.57. The maximum absolute atomic E-state index is 11.5. The molecule has 2 rings (SSSR count). The number of anilines is 1. The Kier molecular flexibility index (Phi) is 6.39. The second-order valence-electron chi connectivity index (χ2n) is 5.25. The average Bonchev–Trinajstić information content (AvgIpc) is 2.61. The van der Waals surface area contributed by atoms with E-state index in [2.05, 4.69) is 20.0 Å². The largest absolute Gasteiger partial charge is 0.465 e. The number of carbonyl (C=O) groups excluding carboxylic acids is 1. The molecule has 1 aromatic carbocycles. The predicted octanol–water partition coefficient (Wildman–Crippen LogP) is 2.41. The number of nitrogens with zero attached hydrogens (tertiary/aromatic N) is 3. The summed E-state index contributed by atoms with van der Waals surface area (Å²) in [7, 11) is 2.80. The van der Waals surface area contributed by atoms with Gasteiger partial charge in [-0.1, -0.05) is 0 Å². The smallest absolute Gasteiger partial charge is 0.373 e. The van der Waals surface area contributed by atoms with Crippen LogP contribution in [-0.4, -0.2) is 47.7 Å². The highest BCUT2D eigenvalue weighted by molar-refractivity contribution is 5.89. The van der Waals surface area contributed by atoms with E-state index in [-0.39, 0.29) is 23.5 Å². The molecule has 0 fully saturated rings. The van der Waals surface area contributed by atoms with Crippen molar-refractivity contribution in [3.63, 3.8) is 0 Å². The van der Waals surface area contributed by atoms with Crippen LogP contribution in [0.2, 0.25) is 0 Å². The van der Waals surface area contributed by atoms with Gasteiger partial charge >= 0.3 is 17.5 Å². The van der Waals surface area contributed by atoms with Gasteiger partial charge in [0.2, 0.25) is 5.82 Å². The summed E-state index contributed by atoms with van der Waals surface area (Å²) < 4.78 is 15.1. The first-order valence-electron chi connectivity index (χ1n) is 7.57. The van der Waals surface area contributed by atoms with Gasteiger partial charge in [-0.2, -0.15) is 4.98 Å². The van der Waals surface area contributed by atoms with Crippen LogP contribution in [0.15, 0.2) is 30.6 Å². The lowest BCUT2D eigenvalue weighted by molar-refractivity contribution is -0.385. The van der Waals surface area contributed by atoms with E-state index >= 15 is 0 Å². The maximum atomic E-state index is 11.5. The fourth-order valence-corrected chi connectivity index (χ4v) is 2.12. The standard InChI is InChI=1S/C16H18N4O6/c1-10(8-24-2)19-14-13(20(22)23)15(18-9-17-14)26-12-6-4-11(5-7-12)16(21)25-3/h4-7,9-10H,8H2,1-3H3,(H,17,18,19). The van der Waals surface area contributed by atoms with E-state index < -0.39 is 16.6 Å². The first-order chi connectivity index (χ1) is 12.5. The molecular formula is C16H18N4O6. The summed E-state index contributed by atoms with van der Waals surface area (Å²) in [6, 6.07) is 5.72. The van der Waals surface area contributed by atoms with Gasteiger partial charge in [-0.15, -0.1) is 0 Å². The van der Waals surface area contributed by atoms with Gasteiger partial charge in [-0.3, -0.25) is 10.1 Å². The van der Waals surface area contributed by atoms with Gasteiger partial charge < -0.3 is 19.5 Å². The summed E-state index contributed by atoms with van der Waals surface area (Å²) in [5.74, 6) is -0.419. The highest BCUT2D eigenvalue weighted by atomic mass is 16.6. The van der Waals surface area contributed by atoms with Crippen LogP contribution < -0.4 is 10.1 Å². The zero-order valence-electron chi connectivity index (χ0n) is 14.5. The van der Waals surface area contributed by atoms with E-state index in [1.807, 2.05) is 0 Å². The van der Waals surface area contributed by atoms with Gasteiger partial charge in [0.15, 0.2) is 0 Å². The molecule has 0 saturated heterocycles. The van der Waals surface area contributed by atoms with Gasteiger partial charge in [-0.25, -0.2) is 9.78 Å². The highest BCUT2D eigenvalue weighted by Gasteiger charge is 2.26. The molecule has 1 heterocycles. The number of aromatic nitrogens is 2. The number of benzene rings is 1.